The summed E-state index contributed by atoms with van der Waals surface area (Å²) < 4.78 is 13.4. The number of rotatable bonds is 8. The lowest BCUT2D eigenvalue weighted by molar-refractivity contribution is 0.281. The number of hydrogen-bond donors (Lipinski definition) is 3. The van der Waals surface area contributed by atoms with Gasteiger partial charge in [-0.2, -0.15) is 0 Å². The molecule has 6 heteroatoms. The molecule has 0 saturated heterocycles. The minimum atomic E-state index is -0.416. The molecule has 1 fully saturated rings. The molecule has 0 bridgehead atoms. The SMILES string of the molecule is CN=CC(CC(C=NCC1CC1)=CN)=C(N)c1ccc(F)cc1CO. The average Bonchev–Trinajstić information content (AvgIpc) is 3.43. The number of nitrogens with zero attached hydrogens (tertiary/aromatic N) is 2. The number of nitrogens with two attached hydrogens (primary N) is 2. The van der Waals surface area contributed by atoms with E-state index >= 15 is 0 Å². The molecule has 0 aliphatic heterocycles. The van der Waals surface area contributed by atoms with Crippen LogP contribution in [0, 0.1) is 11.7 Å². The second-order valence-corrected chi connectivity index (χ2v) is 6.14. The van der Waals surface area contributed by atoms with Crippen molar-refractivity contribution < 1.29 is 9.50 Å². The van der Waals surface area contributed by atoms with Gasteiger partial charge >= 0.3 is 0 Å². The summed E-state index contributed by atoms with van der Waals surface area (Å²) in [4.78, 5) is 8.47. The molecular weight excluding hydrogens is 319 g/mol. The fourth-order valence-corrected chi connectivity index (χ4v) is 2.48. The van der Waals surface area contributed by atoms with Crippen molar-refractivity contribution in [3.05, 3.63) is 52.5 Å². The van der Waals surface area contributed by atoms with Crippen molar-refractivity contribution in [2.24, 2.45) is 27.4 Å². The number of aliphatic hydroxyl groups excluding tert-OH is 1. The molecule has 1 aromatic carbocycles. The van der Waals surface area contributed by atoms with E-state index in [-0.39, 0.29) is 6.61 Å². The Balaban J connectivity index is 2.27. The summed E-state index contributed by atoms with van der Waals surface area (Å²) in [5.41, 5.74) is 15.0. The Labute approximate surface area is 147 Å². The van der Waals surface area contributed by atoms with E-state index in [2.05, 4.69) is 9.98 Å². The van der Waals surface area contributed by atoms with Gasteiger partial charge < -0.3 is 16.6 Å². The molecule has 0 atom stereocenters. The van der Waals surface area contributed by atoms with Crippen LogP contribution in [0.3, 0.4) is 0 Å². The third kappa shape index (κ3) is 5.53. The Kier molecular flexibility index (Phi) is 6.89. The summed E-state index contributed by atoms with van der Waals surface area (Å²) >= 11 is 0. The maximum atomic E-state index is 13.4. The second kappa shape index (κ2) is 9.13. The maximum Gasteiger partial charge on any atom is 0.123 e. The van der Waals surface area contributed by atoms with Crippen LogP contribution in [0.25, 0.3) is 5.70 Å². The fourth-order valence-electron chi connectivity index (χ4n) is 2.48. The molecule has 0 heterocycles. The average molecular weight is 344 g/mol. The summed E-state index contributed by atoms with van der Waals surface area (Å²) in [6.07, 6.45) is 7.87. The van der Waals surface area contributed by atoms with Crippen LogP contribution in [0.1, 0.15) is 30.4 Å². The molecule has 0 unspecified atom stereocenters. The fraction of sp³-hybridized carbons (Fsp3) is 0.368. The standard InChI is InChI=1S/C19H25FN4O/c1-23-11-15(6-14(8-21)10-24-9-13-2-3-13)19(22)18-5-4-17(20)7-16(18)12-25/h4-5,7-8,10-11,13,25H,2-3,6,9,12,21-22H2,1H3. The van der Waals surface area contributed by atoms with Crippen LogP contribution in [0.4, 0.5) is 4.39 Å². The summed E-state index contributed by atoms with van der Waals surface area (Å²) in [7, 11) is 1.65. The number of aliphatic hydroxyl groups is 1. The molecule has 5 N–H and O–H groups in total. The van der Waals surface area contributed by atoms with Crippen molar-refractivity contribution in [2.75, 3.05) is 13.6 Å². The van der Waals surface area contributed by atoms with E-state index in [9.17, 15) is 9.50 Å². The summed E-state index contributed by atoms with van der Waals surface area (Å²) in [6.45, 7) is 0.521. The van der Waals surface area contributed by atoms with E-state index in [4.69, 9.17) is 11.5 Å². The first-order chi connectivity index (χ1) is 12.1. The van der Waals surface area contributed by atoms with Crippen LogP contribution in [0.15, 0.2) is 45.5 Å². The lowest BCUT2D eigenvalue weighted by atomic mass is 9.98. The first kappa shape index (κ1) is 18.9. The summed E-state index contributed by atoms with van der Waals surface area (Å²) in [5, 5.41) is 9.47. The van der Waals surface area contributed by atoms with Crippen LogP contribution in [-0.4, -0.2) is 31.1 Å². The van der Waals surface area contributed by atoms with Gasteiger partial charge in [0.05, 0.1) is 6.61 Å². The Hall–Kier alpha value is -2.47. The lowest BCUT2D eigenvalue weighted by Crippen LogP contribution is -2.08. The zero-order chi connectivity index (χ0) is 18.2. The number of aliphatic imine (C=N–C) groups is 2. The van der Waals surface area contributed by atoms with Crippen LogP contribution in [0.2, 0.25) is 0 Å². The first-order valence-electron chi connectivity index (χ1n) is 8.30. The van der Waals surface area contributed by atoms with Crippen molar-refractivity contribution in [3.8, 4) is 0 Å². The van der Waals surface area contributed by atoms with Crippen molar-refractivity contribution in [1.29, 1.82) is 0 Å². The number of benzene rings is 1. The summed E-state index contributed by atoms with van der Waals surface area (Å²) in [6, 6.07) is 4.16. The van der Waals surface area contributed by atoms with Gasteiger partial charge in [0, 0.05) is 43.7 Å². The monoisotopic (exact) mass is 344 g/mol. The number of hydrogen-bond acceptors (Lipinski definition) is 5. The predicted molar refractivity (Wildman–Crippen MR) is 101 cm³/mol. The minimum absolute atomic E-state index is 0.299. The Morgan fingerprint density at radius 1 is 1.36 bits per heavy atom. The van der Waals surface area contributed by atoms with Gasteiger partial charge in [0.2, 0.25) is 0 Å². The van der Waals surface area contributed by atoms with Gasteiger partial charge in [-0.15, -0.1) is 0 Å². The van der Waals surface area contributed by atoms with Gasteiger partial charge in [-0.25, -0.2) is 4.39 Å². The van der Waals surface area contributed by atoms with E-state index in [1.807, 2.05) is 0 Å². The Morgan fingerprint density at radius 2 is 2.12 bits per heavy atom. The van der Waals surface area contributed by atoms with Crippen LogP contribution in [-0.2, 0) is 6.61 Å². The lowest BCUT2D eigenvalue weighted by Gasteiger charge is -2.12. The molecule has 0 spiro atoms. The topological polar surface area (TPSA) is 97.0 Å². The van der Waals surface area contributed by atoms with Gasteiger partial charge in [-0.3, -0.25) is 9.98 Å². The van der Waals surface area contributed by atoms with Gasteiger partial charge in [-0.1, -0.05) is 0 Å². The van der Waals surface area contributed by atoms with E-state index in [1.54, 1.807) is 25.5 Å². The molecule has 0 amide bonds. The highest BCUT2D eigenvalue weighted by Gasteiger charge is 2.20. The molecule has 5 nitrogen and oxygen atoms in total. The third-order valence-electron chi connectivity index (χ3n) is 4.08. The van der Waals surface area contributed by atoms with E-state index < -0.39 is 5.82 Å². The van der Waals surface area contributed by atoms with Crippen LogP contribution < -0.4 is 11.5 Å². The highest BCUT2D eigenvalue weighted by molar-refractivity contribution is 5.93. The van der Waals surface area contributed by atoms with E-state index in [0.717, 1.165) is 17.7 Å². The smallest absolute Gasteiger partial charge is 0.123 e. The van der Waals surface area contributed by atoms with Crippen molar-refractivity contribution in [1.82, 2.24) is 0 Å². The van der Waals surface area contributed by atoms with Crippen molar-refractivity contribution >= 4 is 18.1 Å². The molecule has 25 heavy (non-hydrogen) atoms. The molecule has 0 aromatic heterocycles. The number of halogens is 1. The van der Waals surface area contributed by atoms with Crippen LogP contribution >= 0.6 is 0 Å². The molecular formula is C19H25FN4O. The molecule has 1 aromatic rings. The molecule has 1 aliphatic rings. The minimum Gasteiger partial charge on any atom is -0.404 e. The zero-order valence-corrected chi connectivity index (χ0v) is 14.5. The second-order valence-electron chi connectivity index (χ2n) is 6.14. The molecule has 134 valence electrons. The van der Waals surface area contributed by atoms with Crippen LogP contribution in [0.5, 0.6) is 0 Å². The molecule has 2 rings (SSSR count). The van der Waals surface area contributed by atoms with E-state index in [0.29, 0.717) is 29.2 Å². The predicted octanol–water partition coefficient (Wildman–Crippen LogP) is 2.40. The van der Waals surface area contributed by atoms with Gasteiger partial charge in [0.1, 0.15) is 5.82 Å². The van der Waals surface area contributed by atoms with Crippen molar-refractivity contribution in [3.63, 3.8) is 0 Å². The maximum absolute atomic E-state index is 13.4. The first-order valence-corrected chi connectivity index (χ1v) is 8.30. The molecule has 1 saturated carbocycles. The largest absolute Gasteiger partial charge is 0.404 e. The normalized spacial score (nSPS) is 16.7. The van der Waals surface area contributed by atoms with Gasteiger partial charge in [0.15, 0.2) is 0 Å². The van der Waals surface area contributed by atoms with Gasteiger partial charge in [0.25, 0.3) is 0 Å². The molecule has 1 aliphatic carbocycles. The third-order valence-corrected chi connectivity index (χ3v) is 4.08. The highest BCUT2D eigenvalue weighted by Crippen LogP contribution is 2.29. The summed E-state index contributed by atoms with van der Waals surface area (Å²) in [5.74, 6) is 0.292. The quantitative estimate of drug-likeness (QED) is 0.632. The number of allylic oxidation sites excluding steroid dienone is 2. The van der Waals surface area contributed by atoms with E-state index in [1.165, 1.54) is 31.2 Å². The van der Waals surface area contributed by atoms with Gasteiger partial charge in [-0.05, 0) is 59.9 Å². The Bertz CT molecular complexity index is 718. The van der Waals surface area contributed by atoms with Crippen molar-refractivity contribution in [2.45, 2.75) is 25.9 Å². The molecule has 0 radical (unpaired) electrons. The Morgan fingerprint density at radius 3 is 2.72 bits per heavy atom. The zero-order valence-electron chi connectivity index (χ0n) is 14.5. The highest BCUT2D eigenvalue weighted by atomic mass is 19.1.